The van der Waals surface area contributed by atoms with Gasteiger partial charge in [-0.15, -0.1) is 0 Å². The lowest BCUT2D eigenvalue weighted by molar-refractivity contribution is 1.14. The third kappa shape index (κ3) is 1.14. The third-order valence-corrected chi connectivity index (χ3v) is 3.49. The van der Waals surface area contributed by atoms with E-state index in [9.17, 15) is 0 Å². The summed E-state index contributed by atoms with van der Waals surface area (Å²) < 4.78 is 0. The maximum absolute atomic E-state index is 2.25. The summed E-state index contributed by atoms with van der Waals surface area (Å²) in [5, 5.41) is 2.83. The molecule has 3 rings (SSSR count). The quantitative estimate of drug-likeness (QED) is 0.590. The maximum Gasteiger partial charge on any atom is -0.00576 e. The van der Waals surface area contributed by atoms with Crippen LogP contribution < -0.4 is 0 Å². The SMILES string of the molecule is CC1=C(C)c2cccc3cccc(c23)C1. The van der Waals surface area contributed by atoms with Gasteiger partial charge in [0.25, 0.3) is 0 Å². The molecule has 74 valence electrons. The largest absolute Gasteiger partial charge is 0.0654 e. The summed E-state index contributed by atoms with van der Waals surface area (Å²) >= 11 is 0. The zero-order valence-electron chi connectivity index (χ0n) is 9.17. The fourth-order valence-corrected chi connectivity index (χ4v) is 2.53. The van der Waals surface area contributed by atoms with Gasteiger partial charge in [0.2, 0.25) is 0 Å². The summed E-state index contributed by atoms with van der Waals surface area (Å²) in [4.78, 5) is 0. The van der Waals surface area contributed by atoms with E-state index in [1.165, 1.54) is 33.0 Å². The lowest BCUT2D eigenvalue weighted by Gasteiger charge is -2.19. The van der Waals surface area contributed by atoms with Crippen LogP contribution in [0.4, 0.5) is 0 Å². The summed E-state index contributed by atoms with van der Waals surface area (Å²) in [6, 6.07) is 13.2. The number of rotatable bonds is 0. The molecular formula is C15H14. The minimum absolute atomic E-state index is 1.11. The highest BCUT2D eigenvalue weighted by Gasteiger charge is 2.14. The Labute approximate surface area is 90.2 Å². The molecule has 0 aliphatic heterocycles. The molecule has 0 atom stereocenters. The van der Waals surface area contributed by atoms with Crippen LogP contribution in [-0.4, -0.2) is 0 Å². The number of allylic oxidation sites excluding steroid dienone is 2. The topological polar surface area (TPSA) is 0 Å². The van der Waals surface area contributed by atoms with Crippen LogP contribution in [0.5, 0.6) is 0 Å². The van der Waals surface area contributed by atoms with Crippen molar-refractivity contribution >= 4 is 16.3 Å². The van der Waals surface area contributed by atoms with Crippen LogP contribution in [0.15, 0.2) is 42.0 Å². The summed E-state index contributed by atoms with van der Waals surface area (Å²) in [6.45, 7) is 4.48. The van der Waals surface area contributed by atoms with Crippen LogP contribution in [0, 0.1) is 0 Å². The van der Waals surface area contributed by atoms with E-state index in [-0.39, 0.29) is 0 Å². The molecule has 0 aromatic heterocycles. The second-order valence-electron chi connectivity index (χ2n) is 4.40. The van der Waals surface area contributed by atoms with Crippen molar-refractivity contribution < 1.29 is 0 Å². The second kappa shape index (κ2) is 2.96. The summed E-state index contributed by atoms with van der Waals surface area (Å²) in [5.41, 5.74) is 5.86. The van der Waals surface area contributed by atoms with Gasteiger partial charge in [-0.2, -0.15) is 0 Å². The molecule has 1 aliphatic carbocycles. The van der Waals surface area contributed by atoms with E-state index >= 15 is 0 Å². The van der Waals surface area contributed by atoms with Gasteiger partial charge >= 0.3 is 0 Å². The number of hydrogen-bond acceptors (Lipinski definition) is 0. The van der Waals surface area contributed by atoms with E-state index in [1.54, 1.807) is 0 Å². The van der Waals surface area contributed by atoms with Gasteiger partial charge in [-0.05, 0) is 47.7 Å². The molecule has 0 radical (unpaired) electrons. The predicted molar refractivity (Wildman–Crippen MR) is 65.9 cm³/mol. The second-order valence-corrected chi connectivity index (χ2v) is 4.40. The molecule has 15 heavy (non-hydrogen) atoms. The Morgan fingerprint density at radius 2 is 1.67 bits per heavy atom. The van der Waals surface area contributed by atoms with Crippen LogP contribution in [0.25, 0.3) is 16.3 Å². The third-order valence-electron chi connectivity index (χ3n) is 3.49. The molecule has 0 N–H and O–H groups in total. The highest BCUT2D eigenvalue weighted by Crippen LogP contribution is 2.35. The lowest BCUT2D eigenvalue weighted by atomic mass is 9.85. The number of hydrogen-bond donors (Lipinski definition) is 0. The zero-order valence-corrected chi connectivity index (χ0v) is 9.17. The van der Waals surface area contributed by atoms with E-state index in [4.69, 9.17) is 0 Å². The lowest BCUT2D eigenvalue weighted by Crippen LogP contribution is -2.00. The Kier molecular flexibility index (Phi) is 1.72. The van der Waals surface area contributed by atoms with Gasteiger partial charge in [0.15, 0.2) is 0 Å². The van der Waals surface area contributed by atoms with Crippen molar-refractivity contribution in [2.45, 2.75) is 20.3 Å². The van der Waals surface area contributed by atoms with Gasteiger partial charge in [0.05, 0.1) is 0 Å². The van der Waals surface area contributed by atoms with E-state index < -0.39 is 0 Å². The predicted octanol–water partition coefficient (Wildman–Crippen LogP) is 4.19. The molecule has 2 aromatic rings. The first-order valence-corrected chi connectivity index (χ1v) is 5.45. The molecule has 0 fully saturated rings. The Bertz CT molecular complexity index is 568. The van der Waals surface area contributed by atoms with Crippen molar-refractivity contribution in [1.82, 2.24) is 0 Å². The molecule has 0 heteroatoms. The molecule has 0 bridgehead atoms. The van der Waals surface area contributed by atoms with Crippen molar-refractivity contribution in [3.63, 3.8) is 0 Å². The van der Waals surface area contributed by atoms with Crippen LogP contribution in [0.2, 0.25) is 0 Å². The molecule has 0 heterocycles. The fourth-order valence-electron chi connectivity index (χ4n) is 2.53. The molecule has 0 amide bonds. The molecule has 0 nitrogen and oxygen atoms in total. The molecule has 0 spiro atoms. The minimum atomic E-state index is 1.11. The standard InChI is InChI=1S/C15H14/c1-10-9-13-7-3-5-12-6-4-8-14(11(10)2)15(12)13/h3-8H,9H2,1-2H3. The summed E-state index contributed by atoms with van der Waals surface area (Å²) in [7, 11) is 0. The molecule has 0 saturated carbocycles. The van der Waals surface area contributed by atoms with E-state index in [0.717, 1.165) is 6.42 Å². The average Bonchev–Trinajstić information content (AvgIpc) is 2.26. The number of benzene rings is 2. The van der Waals surface area contributed by atoms with Gasteiger partial charge in [-0.1, -0.05) is 42.0 Å². The summed E-state index contributed by atoms with van der Waals surface area (Å²) in [5.74, 6) is 0. The van der Waals surface area contributed by atoms with E-state index in [0.29, 0.717) is 0 Å². The smallest absolute Gasteiger partial charge is 0.00576 e. The van der Waals surface area contributed by atoms with Crippen molar-refractivity contribution in [1.29, 1.82) is 0 Å². The first kappa shape index (κ1) is 8.72. The zero-order chi connectivity index (χ0) is 10.4. The first-order valence-electron chi connectivity index (χ1n) is 5.45. The monoisotopic (exact) mass is 194 g/mol. The molecule has 2 aromatic carbocycles. The highest BCUT2D eigenvalue weighted by molar-refractivity contribution is 5.98. The van der Waals surface area contributed by atoms with E-state index in [2.05, 4.69) is 50.2 Å². The molecule has 1 aliphatic rings. The Morgan fingerprint density at radius 1 is 0.933 bits per heavy atom. The first-order chi connectivity index (χ1) is 7.27. The normalized spacial score (nSPS) is 14.8. The Hall–Kier alpha value is -1.56. The van der Waals surface area contributed by atoms with Crippen LogP contribution in [0.1, 0.15) is 25.0 Å². The van der Waals surface area contributed by atoms with Crippen molar-refractivity contribution in [2.75, 3.05) is 0 Å². The van der Waals surface area contributed by atoms with Crippen LogP contribution >= 0.6 is 0 Å². The van der Waals surface area contributed by atoms with Crippen molar-refractivity contribution in [3.05, 3.63) is 53.1 Å². The van der Waals surface area contributed by atoms with Crippen LogP contribution in [-0.2, 0) is 6.42 Å². The molecular weight excluding hydrogens is 180 g/mol. The van der Waals surface area contributed by atoms with Gasteiger partial charge < -0.3 is 0 Å². The van der Waals surface area contributed by atoms with Crippen molar-refractivity contribution in [2.24, 2.45) is 0 Å². The van der Waals surface area contributed by atoms with E-state index in [1.807, 2.05) is 0 Å². The minimum Gasteiger partial charge on any atom is -0.0654 e. The van der Waals surface area contributed by atoms with Gasteiger partial charge in [-0.3, -0.25) is 0 Å². The fraction of sp³-hybridized carbons (Fsp3) is 0.200. The summed E-state index contributed by atoms with van der Waals surface area (Å²) in [6.07, 6.45) is 1.11. The van der Waals surface area contributed by atoms with Gasteiger partial charge in [0.1, 0.15) is 0 Å². The molecule has 0 unspecified atom stereocenters. The Balaban J connectivity index is 2.50. The highest BCUT2D eigenvalue weighted by atomic mass is 14.2. The Morgan fingerprint density at radius 3 is 2.47 bits per heavy atom. The molecule has 0 saturated heterocycles. The van der Waals surface area contributed by atoms with Gasteiger partial charge in [0, 0.05) is 0 Å². The average molecular weight is 194 g/mol. The van der Waals surface area contributed by atoms with Crippen LogP contribution in [0.3, 0.4) is 0 Å². The van der Waals surface area contributed by atoms with Crippen molar-refractivity contribution in [3.8, 4) is 0 Å². The van der Waals surface area contributed by atoms with Gasteiger partial charge in [-0.25, -0.2) is 0 Å². The maximum atomic E-state index is 2.25.